The van der Waals surface area contributed by atoms with Crippen LogP contribution in [0.2, 0.25) is 0 Å². The Kier molecular flexibility index (Phi) is 7.44. The van der Waals surface area contributed by atoms with E-state index < -0.39 is 0 Å². The molecule has 0 bridgehead atoms. The van der Waals surface area contributed by atoms with Gasteiger partial charge in [0.25, 0.3) is 0 Å². The molecule has 284 valence electrons. The van der Waals surface area contributed by atoms with Gasteiger partial charge in [0.15, 0.2) is 0 Å². The van der Waals surface area contributed by atoms with E-state index in [1.807, 2.05) is 11.3 Å². The highest BCUT2D eigenvalue weighted by atomic mass is 32.1. The summed E-state index contributed by atoms with van der Waals surface area (Å²) in [5, 5.41) is 9.50. The third-order valence-corrected chi connectivity index (χ3v) is 13.5. The van der Waals surface area contributed by atoms with Crippen molar-refractivity contribution in [2.75, 3.05) is 0 Å². The Labute approximate surface area is 354 Å². The van der Waals surface area contributed by atoms with Crippen LogP contribution in [0.15, 0.2) is 206 Å². The van der Waals surface area contributed by atoms with E-state index in [-0.39, 0.29) is 0 Å². The maximum atomic E-state index is 5.55. The molecule has 0 fully saturated rings. The van der Waals surface area contributed by atoms with Crippen LogP contribution in [-0.4, -0.2) is 19.1 Å². The fourth-order valence-corrected chi connectivity index (χ4v) is 10.6. The van der Waals surface area contributed by atoms with Crippen molar-refractivity contribution in [3.63, 3.8) is 0 Å². The molecule has 13 rings (SSSR count). The molecule has 0 aliphatic rings. The third kappa shape index (κ3) is 5.24. The van der Waals surface area contributed by atoms with Crippen molar-refractivity contribution in [3.8, 4) is 44.5 Å². The summed E-state index contributed by atoms with van der Waals surface area (Å²) in [7, 11) is 0. The summed E-state index contributed by atoms with van der Waals surface area (Å²) in [4.78, 5) is 12.2. The van der Waals surface area contributed by atoms with E-state index in [0.29, 0.717) is 5.95 Å². The summed E-state index contributed by atoms with van der Waals surface area (Å²) < 4.78 is 5.87. The highest BCUT2D eigenvalue weighted by Gasteiger charge is 2.22. The zero-order chi connectivity index (χ0) is 40.0. The van der Waals surface area contributed by atoms with Crippen molar-refractivity contribution in [2.45, 2.75) is 0 Å². The number of para-hydroxylation sites is 2. The SMILES string of the molecule is c1ccc(-c2cc3c(ccc4nc(-n5c6ccc(-c7ccc8c(c7)c7ccccc7n8-c7ccccc7)cc6c6c7ccccc7ccc65)nc(-c5ccccc5)c43)s2)cc1. The van der Waals surface area contributed by atoms with E-state index in [0.717, 1.165) is 44.4 Å². The lowest BCUT2D eigenvalue weighted by atomic mass is 9.99. The standard InChI is InChI=1S/C56H34N4S/c1-4-15-36(16-5-1)52-34-45-51(61-52)31-27-46-54(45)55(37-17-6-2-7-18-37)58-56(57-46)60-49-29-26-39(33-44(49)53-41-21-11-10-14-35(41)24-30-50(53)60)38-25-28-48-43(32-38)42-22-12-13-23-47(42)59(48)40-19-8-3-9-20-40/h1-34H. The Balaban J connectivity index is 1.06. The Morgan fingerprint density at radius 1 is 0.361 bits per heavy atom. The lowest BCUT2D eigenvalue weighted by Gasteiger charge is -2.13. The molecule has 0 atom stereocenters. The van der Waals surface area contributed by atoms with E-state index in [4.69, 9.17) is 9.97 Å². The molecule has 0 amide bonds. The predicted octanol–water partition coefficient (Wildman–Crippen LogP) is 15.2. The molecule has 4 nitrogen and oxygen atoms in total. The second-order valence-electron chi connectivity index (χ2n) is 15.8. The van der Waals surface area contributed by atoms with Crippen LogP contribution in [0.1, 0.15) is 0 Å². The minimum absolute atomic E-state index is 0.655. The summed E-state index contributed by atoms with van der Waals surface area (Å²) in [6.45, 7) is 0. The first kappa shape index (κ1) is 34.0. The van der Waals surface area contributed by atoms with Gasteiger partial charge in [-0.25, -0.2) is 9.97 Å². The topological polar surface area (TPSA) is 35.6 Å². The van der Waals surface area contributed by atoms with Gasteiger partial charge in [-0.3, -0.25) is 4.57 Å². The molecule has 4 aromatic heterocycles. The molecule has 0 spiro atoms. The molecule has 0 saturated carbocycles. The minimum atomic E-state index is 0.655. The van der Waals surface area contributed by atoms with E-state index in [9.17, 15) is 0 Å². The fourth-order valence-electron chi connectivity index (χ4n) is 9.57. The molecular weight excluding hydrogens is 761 g/mol. The summed E-state index contributed by atoms with van der Waals surface area (Å²) in [5.74, 6) is 0.655. The van der Waals surface area contributed by atoms with Gasteiger partial charge in [-0.1, -0.05) is 140 Å². The highest BCUT2D eigenvalue weighted by Crippen LogP contribution is 2.43. The van der Waals surface area contributed by atoms with Crippen molar-refractivity contribution in [1.82, 2.24) is 19.1 Å². The fraction of sp³-hybridized carbons (Fsp3) is 0. The van der Waals surface area contributed by atoms with Crippen molar-refractivity contribution >= 4 is 86.7 Å². The molecule has 0 N–H and O–H groups in total. The number of aromatic nitrogens is 4. The Hall–Kier alpha value is -7.86. The number of fused-ring (bicyclic) bond motifs is 11. The molecule has 61 heavy (non-hydrogen) atoms. The van der Waals surface area contributed by atoms with Gasteiger partial charge in [-0.05, 0) is 94.2 Å². The smallest absolute Gasteiger partial charge is 0.235 e. The Morgan fingerprint density at radius 3 is 1.77 bits per heavy atom. The van der Waals surface area contributed by atoms with Crippen LogP contribution in [0, 0.1) is 0 Å². The molecule has 4 heterocycles. The molecule has 5 heteroatoms. The number of thiophene rings is 1. The second-order valence-corrected chi connectivity index (χ2v) is 16.8. The normalized spacial score (nSPS) is 11.9. The van der Waals surface area contributed by atoms with Crippen molar-refractivity contribution in [2.24, 2.45) is 0 Å². The quantitative estimate of drug-likeness (QED) is 0.174. The molecule has 13 aromatic rings. The number of benzene rings is 9. The first-order valence-corrected chi connectivity index (χ1v) is 21.5. The van der Waals surface area contributed by atoms with E-state index in [1.54, 1.807) is 0 Å². The molecule has 0 aliphatic heterocycles. The maximum Gasteiger partial charge on any atom is 0.235 e. The lowest BCUT2D eigenvalue weighted by Crippen LogP contribution is -2.03. The summed E-state index contributed by atoms with van der Waals surface area (Å²) >= 11 is 1.81. The number of nitrogens with zero attached hydrogens (tertiary/aromatic N) is 4. The van der Waals surface area contributed by atoms with E-state index in [1.165, 1.54) is 69.4 Å². The number of hydrogen-bond acceptors (Lipinski definition) is 3. The van der Waals surface area contributed by atoms with Crippen molar-refractivity contribution in [3.05, 3.63) is 206 Å². The third-order valence-electron chi connectivity index (χ3n) is 12.3. The van der Waals surface area contributed by atoms with Crippen LogP contribution in [0.4, 0.5) is 0 Å². The van der Waals surface area contributed by atoms with Crippen LogP contribution in [0.25, 0.3) is 120 Å². The van der Waals surface area contributed by atoms with Crippen LogP contribution < -0.4 is 0 Å². The van der Waals surface area contributed by atoms with Gasteiger partial charge < -0.3 is 4.57 Å². The van der Waals surface area contributed by atoms with Gasteiger partial charge in [0.2, 0.25) is 5.95 Å². The lowest BCUT2D eigenvalue weighted by molar-refractivity contribution is 1.01. The molecule has 0 aliphatic carbocycles. The van der Waals surface area contributed by atoms with Gasteiger partial charge >= 0.3 is 0 Å². The molecular formula is C56H34N4S. The van der Waals surface area contributed by atoms with Crippen molar-refractivity contribution < 1.29 is 0 Å². The van der Waals surface area contributed by atoms with E-state index in [2.05, 4.69) is 215 Å². The minimum Gasteiger partial charge on any atom is -0.309 e. The van der Waals surface area contributed by atoms with Gasteiger partial charge in [-0.15, -0.1) is 11.3 Å². The molecule has 0 radical (unpaired) electrons. The van der Waals surface area contributed by atoms with Gasteiger partial charge in [0.05, 0.1) is 33.3 Å². The zero-order valence-corrected chi connectivity index (χ0v) is 33.6. The van der Waals surface area contributed by atoms with Gasteiger partial charge in [0, 0.05) is 53.1 Å². The van der Waals surface area contributed by atoms with Crippen LogP contribution in [0.3, 0.4) is 0 Å². The second kappa shape index (κ2) is 13.3. The monoisotopic (exact) mass is 794 g/mol. The van der Waals surface area contributed by atoms with Crippen LogP contribution in [0.5, 0.6) is 0 Å². The number of rotatable bonds is 5. The van der Waals surface area contributed by atoms with E-state index >= 15 is 0 Å². The molecule has 0 saturated heterocycles. The first-order chi connectivity index (χ1) is 30.2. The first-order valence-electron chi connectivity index (χ1n) is 20.7. The van der Waals surface area contributed by atoms with Gasteiger partial charge in [0.1, 0.15) is 0 Å². The molecule has 0 unspecified atom stereocenters. The Bertz CT molecular complexity index is 3860. The maximum absolute atomic E-state index is 5.55. The largest absolute Gasteiger partial charge is 0.309 e. The zero-order valence-electron chi connectivity index (χ0n) is 32.8. The highest BCUT2D eigenvalue weighted by molar-refractivity contribution is 7.22. The van der Waals surface area contributed by atoms with Crippen LogP contribution in [-0.2, 0) is 0 Å². The Morgan fingerprint density at radius 2 is 0.984 bits per heavy atom. The van der Waals surface area contributed by atoms with Crippen molar-refractivity contribution in [1.29, 1.82) is 0 Å². The summed E-state index contributed by atoms with van der Waals surface area (Å²) in [6.07, 6.45) is 0. The predicted molar refractivity (Wildman–Crippen MR) is 257 cm³/mol. The molecule has 9 aromatic carbocycles. The summed E-state index contributed by atoms with van der Waals surface area (Å²) in [5.41, 5.74) is 12.2. The van der Waals surface area contributed by atoms with Crippen LogP contribution >= 0.6 is 11.3 Å². The number of hydrogen-bond donors (Lipinski definition) is 0. The average Bonchev–Trinajstić information content (AvgIpc) is 4.02. The average molecular weight is 795 g/mol. The van der Waals surface area contributed by atoms with Gasteiger partial charge in [-0.2, -0.15) is 0 Å². The summed E-state index contributed by atoms with van der Waals surface area (Å²) in [6, 6.07) is 74.3.